The summed E-state index contributed by atoms with van der Waals surface area (Å²) in [6.07, 6.45) is 3.48. The number of aromatic hydroxyl groups is 1. The number of aldehydes is 1. The highest BCUT2D eigenvalue weighted by Crippen LogP contribution is 2.27. The van der Waals surface area contributed by atoms with Crippen LogP contribution in [0, 0.1) is 0 Å². The van der Waals surface area contributed by atoms with E-state index in [4.69, 9.17) is 4.74 Å². The van der Waals surface area contributed by atoms with E-state index in [1.54, 1.807) is 31.1 Å². The summed E-state index contributed by atoms with van der Waals surface area (Å²) in [6.45, 7) is 1.02. The number of benzene rings is 1. The van der Waals surface area contributed by atoms with E-state index in [1.165, 1.54) is 6.07 Å². The quantitative estimate of drug-likeness (QED) is 0.865. The number of phenols is 1. The molecule has 2 amide bonds. The summed E-state index contributed by atoms with van der Waals surface area (Å²) in [5.41, 5.74) is 0.142. The predicted octanol–water partition coefficient (Wildman–Crippen LogP) is 2.12. The minimum atomic E-state index is -0.0997. The maximum absolute atomic E-state index is 12.2. The van der Waals surface area contributed by atoms with Gasteiger partial charge in [0, 0.05) is 20.6 Å². The van der Waals surface area contributed by atoms with Crippen LogP contribution in [0.5, 0.6) is 11.5 Å². The van der Waals surface area contributed by atoms with Crippen molar-refractivity contribution in [1.82, 2.24) is 9.80 Å². The van der Waals surface area contributed by atoms with Crippen LogP contribution >= 0.6 is 0 Å². The van der Waals surface area contributed by atoms with E-state index in [9.17, 15) is 14.7 Å². The monoisotopic (exact) mass is 306 g/mol. The highest BCUT2D eigenvalue weighted by atomic mass is 16.5. The third-order valence-electron chi connectivity index (χ3n) is 3.85. The van der Waals surface area contributed by atoms with Crippen molar-refractivity contribution in [3.8, 4) is 11.5 Å². The van der Waals surface area contributed by atoms with E-state index < -0.39 is 0 Å². The first-order valence-corrected chi connectivity index (χ1v) is 7.42. The van der Waals surface area contributed by atoms with Crippen LogP contribution in [-0.4, -0.2) is 60.5 Å². The Morgan fingerprint density at radius 3 is 2.91 bits per heavy atom. The van der Waals surface area contributed by atoms with Gasteiger partial charge in [-0.1, -0.05) is 6.07 Å². The van der Waals surface area contributed by atoms with Crippen LogP contribution in [0.15, 0.2) is 18.2 Å². The summed E-state index contributed by atoms with van der Waals surface area (Å²) in [5.74, 6) is 0.246. The van der Waals surface area contributed by atoms with Crippen molar-refractivity contribution in [3.63, 3.8) is 0 Å². The largest absolute Gasteiger partial charge is 0.507 e. The Morgan fingerprint density at radius 2 is 2.23 bits per heavy atom. The van der Waals surface area contributed by atoms with Gasteiger partial charge in [-0.2, -0.15) is 0 Å². The molecular weight excluding hydrogens is 284 g/mol. The molecule has 1 aromatic rings. The van der Waals surface area contributed by atoms with Crippen LogP contribution in [-0.2, 0) is 0 Å². The van der Waals surface area contributed by atoms with Gasteiger partial charge in [-0.25, -0.2) is 4.79 Å². The van der Waals surface area contributed by atoms with Gasteiger partial charge in [0.25, 0.3) is 0 Å². The van der Waals surface area contributed by atoms with Crippen LogP contribution in [0.4, 0.5) is 4.79 Å². The fraction of sp³-hybridized carbons (Fsp3) is 0.500. The Labute approximate surface area is 130 Å². The molecule has 22 heavy (non-hydrogen) atoms. The second-order valence-electron chi connectivity index (χ2n) is 5.64. The second kappa shape index (κ2) is 7.15. The molecule has 1 aromatic carbocycles. The fourth-order valence-electron chi connectivity index (χ4n) is 2.65. The highest BCUT2D eigenvalue weighted by molar-refractivity contribution is 5.83. The van der Waals surface area contributed by atoms with Crippen LogP contribution < -0.4 is 4.74 Å². The highest BCUT2D eigenvalue weighted by Gasteiger charge is 2.28. The van der Waals surface area contributed by atoms with Gasteiger partial charge in [-0.3, -0.25) is 4.79 Å². The lowest BCUT2D eigenvalue weighted by Gasteiger charge is -2.37. The summed E-state index contributed by atoms with van der Waals surface area (Å²) >= 11 is 0. The Bertz CT molecular complexity index is 545. The van der Waals surface area contributed by atoms with Crippen molar-refractivity contribution in [2.45, 2.75) is 25.3 Å². The topological polar surface area (TPSA) is 70.1 Å². The van der Waals surface area contributed by atoms with Crippen molar-refractivity contribution in [2.24, 2.45) is 0 Å². The Kier molecular flexibility index (Phi) is 5.25. The van der Waals surface area contributed by atoms with Crippen molar-refractivity contribution in [3.05, 3.63) is 23.8 Å². The number of carbonyl (C=O) groups excluding carboxylic acids is 2. The summed E-state index contributed by atoms with van der Waals surface area (Å²) in [7, 11) is 3.46. The molecule has 6 nitrogen and oxygen atoms in total. The Balaban J connectivity index is 2.07. The molecule has 0 radical (unpaired) electrons. The average molecular weight is 306 g/mol. The van der Waals surface area contributed by atoms with E-state index in [0.29, 0.717) is 25.2 Å². The molecular formula is C16H22N2O4. The number of rotatable bonds is 4. The Morgan fingerprint density at radius 1 is 1.45 bits per heavy atom. The van der Waals surface area contributed by atoms with Gasteiger partial charge >= 0.3 is 6.03 Å². The van der Waals surface area contributed by atoms with Gasteiger partial charge in [0.05, 0.1) is 11.6 Å². The third kappa shape index (κ3) is 3.50. The van der Waals surface area contributed by atoms with Crippen molar-refractivity contribution in [1.29, 1.82) is 0 Å². The lowest BCUT2D eigenvalue weighted by molar-refractivity contribution is 0.0990. The first kappa shape index (κ1) is 16.1. The molecule has 1 aliphatic rings. The fourth-order valence-corrected chi connectivity index (χ4v) is 2.65. The molecule has 0 spiro atoms. The number of piperidine rings is 1. The summed E-state index contributed by atoms with van der Waals surface area (Å²) in [6, 6.07) is 4.66. The zero-order valence-electron chi connectivity index (χ0n) is 13.0. The minimum absolute atomic E-state index is 0.0227. The van der Waals surface area contributed by atoms with Gasteiger partial charge in [-0.05, 0) is 31.4 Å². The van der Waals surface area contributed by atoms with Gasteiger partial charge in [-0.15, -0.1) is 0 Å². The first-order chi connectivity index (χ1) is 10.5. The van der Waals surface area contributed by atoms with E-state index >= 15 is 0 Å². The normalized spacial score (nSPS) is 17.9. The van der Waals surface area contributed by atoms with Crippen molar-refractivity contribution in [2.75, 3.05) is 27.2 Å². The molecule has 120 valence electrons. The first-order valence-electron chi connectivity index (χ1n) is 7.42. The van der Waals surface area contributed by atoms with E-state index in [-0.39, 0.29) is 23.4 Å². The van der Waals surface area contributed by atoms with E-state index in [2.05, 4.69) is 0 Å². The molecule has 0 aromatic heterocycles. The van der Waals surface area contributed by atoms with Crippen LogP contribution in [0.1, 0.15) is 29.6 Å². The molecule has 1 fully saturated rings. The third-order valence-corrected chi connectivity index (χ3v) is 3.85. The maximum atomic E-state index is 12.2. The minimum Gasteiger partial charge on any atom is -0.507 e. The van der Waals surface area contributed by atoms with E-state index in [0.717, 1.165) is 19.3 Å². The molecule has 0 bridgehead atoms. The number of likely N-dealkylation sites (tertiary alicyclic amines) is 1. The molecule has 1 heterocycles. The van der Waals surface area contributed by atoms with Crippen LogP contribution in [0.3, 0.4) is 0 Å². The SMILES string of the molecule is CN(C)C(=O)N1CCCCC1COc1cccc(O)c1C=O. The lowest BCUT2D eigenvalue weighted by atomic mass is 10.0. The smallest absolute Gasteiger partial charge is 0.319 e. The molecule has 1 saturated heterocycles. The number of amides is 2. The molecule has 0 saturated carbocycles. The number of ether oxygens (including phenoxy) is 1. The number of hydrogen-bond acceptors (Lipinski definition) is 4. The zero-order valence-corrected chi connectivity index (χ0v) is 13.0. The molecule has 1 unspecified atom stereocenters. The number of phenolic OH excluding ortho intramolecular Hbond substituents is 1. The molecule has 1 atom stereocenters. The lowest BCUT2D eigenvalue weighted by Crippen LogP contribution is -2.50. The molecule has 0 aliphatic carbocycles. The van der Waals surface area contributed by atoms with Crippen molar-refractivity contribution >= 4 is 12.3 Å². The number of hydrogen-bond donors (Lipinski definition) is 1. The molecule has 2 rings (SSSR count). The molecule has 1 N–H and O–H groups in total. The molecule has 6 heteroatoms. The predicted molar refractivity (Wildman–Crippen MR) is 82.4 cm³/mol. The zero-order chi connectivity index (χ0) is 16.1. The Hall–Kier alpha value is -2.24. The van der Waals surface area contributed by atoms with Gasteiger partial charge < -0.3 is 19.6 Å². The van der Waals surface area contributed by atoms with Crippen LogP contribution in [0.25, 0.3) is 0 Å². The maximum Gasteiger partial charge on any atom is 0.319 e. The average Bonchev–Trinajstić information content (AvgIpc) is 2.52. The van der Waals surface area contributed by atoms with Gasteiger partial charge in [0.2, 0.25) is 0 Å². The summed E-state index contributed by atoms with van der Waals surface area (Å²) < 4.78 is 5.70. The standard InChI is InChI=1S/C16H22N2O4/c1-17(2)16(21)18-9-4-3-6-12(18)11-22-15-8-5-7-14(20)13(15)10-19/h5,7-8,10,12,20H,3-4,6,9,11H2,1-2H3. The van der Waals surface area contributed by atoms with Gasteiger partial charge in [0.1, 0.15) is 18.1 Å². The number of urea groups is 1. The second-order valence-corrected chi connectivity index (χ2v) is 5.64. The summed E-state index contributed by atoms with van der Waals surface area (Å²) in [4.78, 5) is 26.6. The summed E-state index contributed by atoms with van der Waals surface area (Å²) in [5, 5.41) is 9.66. The van der Waals surface area contributed by atoms with Gasteiger partial charge in [0.15, 0.2) is 6.29 Å². The molecule has 1 aliphatic heterocycles. The number of nitrogens with zero attached hydrogens (tertiary/aromatic N) is 2. The van der Waals surface area contributed by atoms with E-state index in [1.807, 2.05) is 4.90 Å². The number of carbonyl (C=O) groups is 2. The van der Waals surface area contributed by atoms with Crippen LogP contribution in [0.2, 0.25) is 0 Å². The van der Waals surface area contributed by atoms with Crippen molar-refractivity contribution < 1.29 is 19.4 Å².